The van der Waals surface area contributed by atoms with Crippen LogP contribution in [0, 0.1) is 6.92 Å². The number of primary amides is 1. The Hall–Kier alpha value is -1.59. The van der Waals surface area contributed by atoms with E-state index in [9.17, 15) is 4.79 Å². The molecular weight excluding hydrogens is 248 g/mol. The zero-order chi connectivity index (χ0) is 13.1. The molecular formula is C13H16N2O2S. The molecule has 0 radical (unpaired) electrons. The minimum Gasteiger partial charge on any atom is -0.465 e. The smallest absolute Gasteiger partial charge is 0.249 e. The second-order valence-electron chi connectivity index (χ2n) is 4.22. The van der Waals surface area contributed by atoms with Crippen LogP contribution in [0.25, 0.3) is 0 Å². The van der Waals surface area contributed by atoms with E-state index in [0.29, 0.717) is 12.1 Å². The number of carbonyl (C=O) groups excluding carboxylic acids is 1. The fraction of sp³-hybridized carbons (Fsp3) is 0.308. The van der Waals surface area contributed by atoms with Crippen LogP contribution in [-0.2, 0) is 6.54 Å². The van der Waals surface area contributed by atoms with Crippen LogP contribution in [0.2, 0.25) is 0 Å². The van der Waals surface area contributed by atoms with E-state index >= 15 is 0 Å². The molecule has 0 saturated heterocycles. The van der Waals surface area contributed by atoms with Crippen molar-refractivity contribution >= 4 is 17.2 Å². The fourth-order valence-electron chi connectivity index (χ4n) is 1.64. The SMILES string of the molecule is Cc1ccc(C(C)NCc2cc(C(N)=O)cs2)o1. The van der Waals surface area contributed by atoms with Gasteiger partial charge in [-0.05, 0) is 32.0 Å². The van der Waals surface area contributed by atoms with Crippen molar-refractivity contribution in [1.29, 1.82) is 0 Å². The van der Waals surface area contributed by atoms with Gasteiger partial charge in [-0.25, -0.2) is 0 Å². The Kier molecular flexibility index (Phi) is 3.84. The van der Waals surface area contributed by atoms with Crippen molar-refractivity contribution < 1.29 is 9.21 Å². The normalized spacial score (nSPS) is 12.6. The van der Waals surface area contributed by atoms with Crippen LogP contribution < -0.4 is 11.1 Å². The Bertz CT molecular complexity index is 545. The first-order valence-electron chi connectivity index (χ1n) is 5.73. The predicted molar refractivity (Wildman–Crippen MR) is 71.5 cm³/mol. The van der Waals surface area contributed by atoms with Gasteiger partial charge in [0.1, 0.15) is 11.5 Å². The van der Waals surface area contributed by atoms with E-state index in [2.05, 4.69) is 5.32 Å². The van der Waals surface area contributed by atoms with E-state index in [4.69, 9.17) is 10.2 Å². The molecule has 0 spiro atoms. The zero-order valence-corrected chi connectivity index (χ0v) is 11.2. The molecule has 0 fully saturated rings. The minimum absolute atomic E-state index is 0.137. The van der Waals surface area contributed by atoms with Crippen molar-refractivity contribution in [2.45, 2.75) is 26.4 Å². The van der Waals surface area contributed by atoms with Crippen molar-refractivity contribution in [3.8, 4) is 0 Å². The summed E-state index contributed by atoms with van der Waals surface area (Å²) in [6, 6.07) is 5.87. The molecule has 1 amide bonds. The monoisotopic (exact) mass is 264 g/mol. The topological polar surface area (TPSA) is 68.3 Å². The second-order valence-corrected chi connectivity index (χ2v) is 5.21. The number of carbonyl (C=O) groups is 1. The molecule has 0 aliphatic carbocycles. The van der Waals surface area contributed by atoms with Crippen molar-refractivity contribution in [2.24, 2.45) is 5.73 Å². The number of nitrogens with one attached hydrogen (secondary N) is 1. The number of aryl methyl sites for hydroxylation is 1. The van der Waals surface area contributed by atoms with Crippen molar-refractivity contribution in [1.82, 2.24) is 5.32 Å². The van der Waals surface area contributed by atoms with Gasteiger partial charge in [0.15, 0.2) is 0 Å². The Morgan fingerprint density at radius 1 is 1.56 bits per heavy atom. The molecule has 3 N–H and O–H groups in total. The quantitative estimate of drug-likeness (QED) is 0.872. The third-order valence-electron chi connectivity index (χ3n) is 2.71. The minimum atomic E-state index is -0.382. The first-order valence-corrected chi connectivity index (χ1v) is 6.61. The van der Waals surface area contributed by atoms with Crippen LogP contribution in [0.3, 0.4) is 0 Å². The van der Waals surface area contributed by atoms with Crippen LogP contribution in [0.15, 0.2) is 28.0 Å². The van der Waals surface area contributed by atoms with E-state index in [0.717, 1.165) is 16.4 Å². The molecule has 1 atom stereocenters. The largest absolute Gasteiger partial charge is 0.465 e. The highest BCUT2D eigenvalue weighted by atomic mass is 32.1. The number of hydrogen-bond donors (Lipinski definition) is 2. The molecule has 96 valence electrons. The molecule has 0 bridgehead atoms. The highest BCUT2D eigenvalue weighted by Crippen LogP contribution is 2.18. The highest BCUT2D eigenvalue weighted by molar-refractivity contribution is 7.10. The number of nitrogens with two attached hydrogens (primary N) is 1. The van der Waals surface area contributed by atoms with Crippen molar-refractivity contribution in [2.75, 3.05) is 0 Å². The molecule has 2 rings (SSSR count). The van der Waals surface area contributed by atoms with Gasteiger partial charge in [-0.3, -0.25) is 4.79 Å². The number of furan rings is 1. The van der Waals surface area contributed by atoms with Gasteiger partial charge in [0.25, 0.3) is 0 Å². The first-order chi connectivity index (χ1) is 8.56. The third kappa shape index (κ3) is 3.00. The van der Waals surface area contributed by atoms with Crippen LogP contribution in [0.1, 0.15) is 39.7 Å². The van der Waals surface area contributed by atoms with Gasteiger partial charge in [-0.1, -0.05) is 0 Å². The summed E-state index contributed by atoms with van der Waals surface area (Å²) in [7, 11) is 0. The van der Waals surface area contributed by atoms with Crippen LogP contribution in [0.4, 0.5) is 0 Å². The van der Waals surface area contributed by atoms with Gasteiger partial charge in [-0.15, -0.1) is 11.3 Å². The number of hydrogen-bond acceptors (Lipinski definition) is 4. The van der Waals surface area contributed by atoms with Crippen molar-refractivity contribution in [3.63, 3.8) is 0 Å². The highest BCUT2D eigenvalue weighted by Gasteiger charge is 2.10. The van der Waals surface area contributed by atoms with Gasteiger partial charge in [0.05, 0.1) is 11.6 Å². The maximum absolute atomic E-state index is 11.0. The van der Waals surface area contributed by atoms with E-state index in [-0.39, 0.29) is 11.9 Å². The molecule has 4 nitrogen and oxygen atoms in total. The summed E-state index contributed by atoms with van der Waals surface area (Å²) < 4.78 is 5.54. The number of rotatable bonds is 5. The number of amides is 1. The number of thiophene rings is 1. The van der Waals surface area contributed by atoms with Crippen LogP contribution in [-0.4, -0.2) is 5.91 Å². The molecule has 0 saturated carbocycles. The van der Waals surface area contributed by atoms with Gasteiger partial charge < -0.3 is 15.5 Å². The van der Waals surface area contributed by atoms with E-state index in [1.54, 1.807) is 5.38 Å². The Balaban J connectivity index is 1.92. The van der Waals surface area contributed by atoms with Gasteiger partial charge in [0, 0.05) is 16.8 Å². The van der Waals surface area contributed by atoms with Gasteiger partial charge >= 0.3 is 0 Å². The molecule has 0 aliphatic heterocycles. The van der Waals surface area contributed by atoms with Crippen molar-refractivity contribution in [3.05, 3.63) is 45.5 Å². The summed E-state index contributed by atoms with van der Waals surface area (Å²) in [6.45, 7) is 4.66. The first kappa shape index (κ1) is 12.9. The molecule has 5 heteroatoms. The Labute approximate surface area is 110 Å². The van der Waals surface area contributed by atoms with E-state index in [1.807, 2.05) is 32.0 Å². The second kappa shape index (κ2) is 5.37. The van der Waals surface area contributed by atoms with Crippen LogP contribution >= 0.6 is 11.3 Å². The molecule has 1 unspecified atom stereocenters. The average Bonchev–Trinajstić information content (AvgIpc) is 2.94. The molecule has 18 heavy (non-hydrogen) atoms. The summed E-state index contributed by atoms with van der Waals surface area (Å²) in [4.78, 5) is 12.1. The summed E-state index contributed by atoms with van der Waals surface area (Å²) in [5, 5.41) is 5.12. The summed E-state index contributed by atoms with van der Waals surface area (Å²) in [5.41, 5.74) is 5.78. The van der Waals surface area contributed by atoms with E-state index in [1.165, 1.54) is 11.3 Å². The van der Waals surface area contributed by atoms with E-state index < -0.39 is 0 Å². The summed E-state index contributed by atoms with van der Waals surface area (Å²) >= 11 is 1.53. The maximum atomic E-state index is 11.0. The summed E-state index contributed by atoms with van der Waals surface area (Å²) in [6.07, 6.45) is 0. The molecule has 0 aromatic carbocycles. The maximum Gasteiger partial charge on any atom is 0.249 e. The predicted octanol–water partition coefficient (Wildman–Crippen LogP) is 2.60. The Morgan fingerprint density at radius 3 is 2.89 bits per heavy atom. The summed E-state index contributed by atoms with van der Waals surface area (Å²) in [5.74, 6) is 1.44. The lowest BCUT2D eigenvalue weighted by Crippen LogP contribution is -2.17. The fourth-order valence-corrected chi connectivity index (χ4v) is 2.47. The lowest BCUT2D eigenvalue weighted by molar-refractivity contribution is 0.100. The molecule has 2 aromatic rings. The average molecular weight is 264 g/mol. The lowest BCUT2D eigenvalue weighted by Gasteiger charge is -2.09. The molecule has 2 aromatic heterocycles. The Morgan fingerprint density at radius 2 is 2.33 bits per heavy atom. The molecule has 2 heterocycles. The van der Waals surface area contributed by atoms with Gasteiger partial charge in [-0.2, -0.15) is 0 Å². The third-order valence-corrected chi connectivity index (χ3v) is 3.65. The standard InChI is InChI=1S/C13H16N2O2S/c1-8-3-4-12(17-8)9(2)15-6-11-5-10(7-18-11)13(14)16/h3-5,7,9,15H,6H2,1-2H3,(H2,14,16). The lowest BCUT2D eigenvalue weighted by atomic mass is 10.2. The zero-order valence-electron chi connectivity index (χ0n) is 10.4. The van der Waals surface area contributed by atoms with Crippen LogP contribution in [0.5, 0.6) is 0 Å². The molecule has 0 aliphatic rings. The van der Waals surface area contributed by atoms with Gasteiger partial charge in [0.2, 0.25) is 5.91 Å².